The summed E-state index contributed by atoms with van der Waals surface area (Å²) in [6.07, 6.45) is 3.11. The maximum atomic E-state index is 13.3. The quantitative estimate of drug-likeness (QED) is 0.498. The van der Waals surface area contributed by atoms with E-state index in [-0.39, 0.29) is 23.1 Å². The first-order valence-electron chi connectivity index (χ1n) is 9.25. The summed E-state index contributed by atoms with van der Waals surface area (Å²) in [6.45, 7) is 1.92. The van der Waals surface area contributed by atoms with Crippen LogP contribution in [0.1, 0.15) is 6.92 Å². The SMILES string of the molecule is CCn1c(=O)c2c(Nc3ccc(Br)cc3)cc(=O)n(C)c2n(-c2cccnc2)c1=O. The van der Waals surface area contributed by atoms with E-state index in [9.17, 15) is 14.4 Å². The van der Waals surface area contributed by atoms with Gasteiger partial charge in [-0.3, -0.25) is 23.7 Å². The number of benzene rings is 1. The van der Waals surface area contributed by atoms with Gasteiger partial charge in [0.25, 0.3) is 11.1 Å². The zero-order valence-electron chi connectivity index (χ0n) is 16.3. The number of hydrogen-bond acceptors (Lipinski definition) is 5. The van der Waals surface area contributed by atoms with Crippen molar-refractivity contribution in [1.29, 1.82) is 0 Å². The van der Waals surface area contributed by atoms with Crippen LogP contribution in [0.5, 0.6) is 0 Å². The van der Waals surface area contributed by atoms with Gasteiger partial charge in [-0.25, -0.2) is 9.36 Å². The predicted molar refractivity (Wildman–Crippen MR) is 120 cm³/mol. The van der Waals surface area contributed by atoms with Gasteiger partial charge in [-0.15, -0.1) is 0 Å². The van der Waals surface area contributed by atoms with E-state index in [1.165, 1.54) is 28.4 Å². The third-order valence-corrected chi connectivity index (χ3v) is 5.37. The first kappa shape index (κ1) is 19.8. The molecule has 0 radical (unpaired) electrons. The third kappa shape index (κ3) is 3.26. The topological polar surface area (TPSA) is 90.9 Å². The van der Waals surface area contributed by atoms with E-state index in [1.807, 2.05) is 24.3 Å². The molecule has 9 heteroatoms. The van der Waals surface area contributed by atoms with Gasteiger partial charge in [0.15, 0.2) is 0 Å². The van der Waals surface area contributed by atoms with Gasteiger partial charge in [0.2, 0.25) is 0 Å². The van der Waals surface area contributed by atoms with E-state index >= 15 is 0 Å². The summed E-state index contributed by atoms with van der Waals surface area (Å²) >= 11 is 3.39. The number of nitrogens with zero attached hydrogens (tertiary/aromatic N) is 4. The lowest BCUT2D eigenvalue weighted by atomic mass is 10.2. The highest BCUT2D eigenvalue weighted by Crippen LogP contribution is 2.24. The highest BCUT2D eigenvalue weighted by molar-refractivity contribution is 9.10. The van der Waals surface area contributed by atoms with E-state index in [4.69, 9.17) is 0 Å². The van der Waals surface area contributed by atoms with Gasteiger partial charge < -0.3 is 5.32 Å². The Balaban J connectivity index is 2.14. The maximum absolute atomic E-state index is 13.3. The fourth-order valence-electron chi connectivity index (χ4n) is 3.38. The second-order valence-electron chi connectivity index (χ2n) is 6.66. The number of fused-ring (bicyclic) bond motifs is 1. The van der Waals surface area contributed by atoms with Crippen molar-refractivity contribution in [2.75, 3.05) is 5.32 Å². The molecule has 1 N–H and O–H groups in total. The molecule has 3 heterocycles. The van der Waals surface area contributed by atoms with Crippen molar-refractivity contribution in [3.8, 4) is 5.69 Å². The standard InChI is InChI=1S/C21H18BrN5O3/c1-3-26-20(29)18-16(24-14-8-6-13(22)7-9-14)11-17(28)25(2)19(18)27(21(26)30)15-5-4-10-23-12-15/h4-12,24H,3H2,1-2H3. The Morgan fingerprint density at radius 1 is 1.10 bits per heavy atom. The lowest BCUT2D eigenvalue weighted by Gasteiger charge is -2.18. The van der Waals surface area contributed by atoms with Gasteiger partial charge in [0.1, 0.15) is 11.0 Å². The van der Waals surface area contributed by atoms with Gasteiger partial charge in [0.05, 0.1) is 17.6 Å². The molecule has 0 amide bonds. The Morgan fingerprint density at radius 3 is 2.47 bits per heavy atom. The van der Waals surface area contributed by atoms with E-state index in [1.54, 1.807) is 25.3 Å². The summed E-state index contributed by atoms with van der Waals surface area (Å²) in [6, 6.07) is 12.1. The van der Waals surface area contributed by atoms with Crippen LogP contribution in [0.2, 0.25) is 0 Å². The molecule has 0 atom stereocenters. The molecule has 0 spiro atoms. The number of aromatic nitrogens is 4. The zero-order valence-corrected chi connectivity index (χ0v) is 17.9. The van der Waals surface area contributed by atoms with Crippen LogP contribution in [0.15, 0.2) is 73.7 Å². The third-order valence-electron chi connectivity index (χ3n) is 4.85. The summed E-state index contributed by atoms with van der Waals surface area (Å²) < 4.78 is 4.70. The lowest BCUT2D eigenvalue weighted by molar-refractivity contribution is 0.652. The van der Waals surface area contributed by atoms with Crippen molar-refractivity contribution >= 4 is 38.3 Å². The van der Waals surface area contributed by atoms with Crippen LogP contribution in [0, 0.1) is 0 Å². The summed E-state index contributed by atoms with van der Waals surface area (Å²) in [5.74, 6) is 0. The zero-order chi connectivity index (χ0) is 21.4. The molecular formula is C21H18BrN5O3. The molecule has 4 rings (SSSR count). The number of halogens is 1. The summed E-state index contributed by atoms with van der Waals surface area (Å²) in [4.78, 5) is 43.2. The Labute approximate surface area is 179 Å². The molecule has 0 fully saturated rings. The smallest absolute Gasteiger partial charge is 0.337 e. The molecule has 0 saturated heterocycles. The Hall–Kier alpha value is -3.46. The number of hydrogen-bond donors (Lipinski definition) is 1. The lowest BCUT2D eigenvalue weighted by Crippen LogP contribution is -2.41. The molecule has 0 aliphatic heterocycles. The summed E-state index contributed by atoms with van der Waals surface area (Å²) in [5, 5.41) is 3.40. The van der Waals surface area contributed by atoms with Crippen LogP contribution in [0.25, 0.3) is 16.7 Å². The van der Waals surface area contributed by atoms with Crippen LogP contribution >= 0.6 is 15.9 Å². The molecule has 0 aliphatic carbocycles. The first-order valence-corrected chi connectivity index (χ1v) is 10.0. The van der Waals surface area contributed by atoms with Gasteiger partial charge >= 0.3 is 5.69 Å². The van der Waals surface area contributed by atoms with Crippen LogP contribution in [-0.4, -0.2) is 18.7 Å². The number of aryl methyl sites for hydroxylation is 1. The molecule has 4 aromatic rings. The van der Waals surface area contributed by atoms with Crippen LogP contribution < -0.4 is 22.1 Å². The fourth-order valence-corrected chi connectivity index (χ4v) is 3.64. The van der Waals surface area contributed by atoms with Gasteiger partial charge in [0, 0.05) is 36.0 Å². The Bertz CT molecular complexity index is 1420. The van der Waals surface area contributed by atoms with E-state index in [0.29, 0.717) is 17.1 Å². The van der Waals surface area contributed by atoms with Gasteiger partial charge in [-0.1, -0.05) is 15.9 Å². The Morgan fingerprint density at radius 2 is 1.83 bits per heavy atom. The van der Waals surface area contributed by atoms with E-state index < -0.39 is 11.2 Å². The number of anilines is 2. The van der Waals surface area contributed by atoms with Crippen molar-refractivity contribution < 1.29 is 0 Å². The minimum Gasteiger partial charge on any atom is -0.355 e. The monoisotopic (exact) mass is 467 g/mol. The Kier molecular flexibility index (Phi) is 5.13. The first-order chi connectivity index (χ1) is 14.4. The molecule has 0 unspecified atom stereocenters. The summed E-state index contributed by atoms with van der Waals surface area (Å²) in [5.41, 5.74) is 0.356. The molecule has 0 aliphatic rings. The number of pyridine rings is 2. The minimum atomic E-state index is -0.529. The van der Waals surface area contributed by atoms with Crippen LogP contribution in [0.3, 0.4) is 0 Å². The molecule has 0 bridgehead atoms. The molecule has 8 nitrogen and oxygen atoms in total. The molecular weight excluding hydrogens is 450 g/mol. The molecule has 152 valence electrons. The van der Waals surface area contributed by atoms with Crippen molar-refractivity contribution in [3.63, 3.8) is 0 Å². The normalized spacial score (nSPS) is 11.0. The molecule has 1 aromatic carbocycles. The highest BCUT2D eigenvalue weighted by Gasteiger charge is 2.20. The second kappa shape index (κ2) is 7.75. The molecule has 3 aromatic heterocycles. The largest absolute Gasteiger partial charge is 0.355 e. The van der Waals surface area contributed by atoms with Crippen molar-refractivity contribution in [2.24, 2.45) is 7.05 Å². The van der Waals surface area contributed by atoms with Crippen molar-refractivity contribution in [1.82, 2.24) is 18.7 Å². The van der Waals surface area contributed by atoms with Gasteiger partial charge in [-0.05, 0) is 43.3 Å². The van der Waals surface area contributed by atoms with Crippen LogP contribution in [0.4, 0.5) is 11.4 Å². The maximum Gasteiger partial charge on any atom is 0.337 e. The molecule has 30 heavy (non-hydrogen) atoms. The predicted octanol–water partition coefficient (Wildman–Crippen LogP) is 2.77. The number of nitrogens with one attached hydrogen (secondary N) is 1. The van der Waals surface area contributed by atoms with Gasteiger partial charge in [-0.2, -0.15) is 0 Å². The van der Waals surface area contributed by atoms with E-state index in [0.717, 1.165) is 9.04 Å². The van der Waals surface area contributed by atoms with Crippen LogP contribution in [-0.2, 0) is 13.6 Å². The summed E-state index contributed by atoms with van der Waals surface area (Å²) in [7, 11) is 1.54. The minimum absolute atomic E-state index is 0.189. The molecule has 0 saturated carbocycles. The average Bonchev–Trinajstić information content (AvgIpc) is 2.74. The second-order valence-corrected chi connectivity index (χ2v) is 7.58. The number of rotatable bonds is 4. The average molecular weight is 468 g/mol. The fraction of sp³-hybridized carbons (Fsp3) is 0.143. The van der Waals surface area contributed by atoms with Crippen molar-refractivity contribution in [2.45, 2.75) is 13.5 Å². The van der Waals surface area contributed by atoms with E-state index in [2.05, 4.69) is 26.2 Å². The highest BCUT2D eigenvalue weighted by atomic mass is 79.9. The van der Waals surface area contributed by atoms with Crippen molar-refractivity contribution in [3.05, 3.63) is 90.5 Å².